The van der Waals surface area contributed by atoms with E-state index in [4.69, 9.17) is 4.74 Å². The van der Waals surface area contributed by atoms with Gasteiger partial charge in [-0.25, -0.2) is 0 Å². The number of nitrogens with one attached hydrogen (secondary N) is 1. The molecule has 0 bridgehead atoms. The molecule has 0 radical (unpaired) electrons. The van der Waals surface area contributed by atoms with Gasteiger partial charge in [0, 0.05) is 27.2 Å². The van der Waals surface area contributed by atoms with Crippen LogP contribution in [0.25, 0.3) is 0 Å². The van der Waals surface area contributed by atoms with Crippen LogP contribution in [0.1, 0.15) is 11.1 Å². The predicted molar refractivity (Wildman–Crippen MR) is 111 cm³/mol. The number of nitrogens with zero attached hydrogens (tertiary/aromatic N) is 2. The van der Waals surface area contributed by atoms with Gasteiger partial charge in [0.2, 0.25) is 0 Å². The van der Waals surface area contributed by atoms with Gasteiger partial charge in [0.1, 0.15) is 0 Å². The van der Waals surface area contributed by atoms with Gasteiger partial charge in [-0.05, 0) is 11.1 Å². The van der Waals surface area contributed by atoms with Crippen LogP contribution >= 0.6 is 24.0 Å². The molecule has 2 rings (SSSR count). The van der Waals surface area contributed by atoms with Crippen LogP contribution in [0.2, 0.25) is 0 Å². The lowest BCUT2D eigenvalue weighted by Gasteiger charge is -2.22. The van der Waals surface area contributed by atoms with Gasteiger partial charge >= 0.3 is 0 Å². The number of guanidine groups is 1. The SMILES string of the molecule is CN=C(NCCOCc1ccccc1)N(C)Cc1ccccc1.I. The number of hydrogen-bond donors (Lipinski definition) is 1. The van der Waals surface area contributed by atoms with Crippen molar-refractivity contribution in [2.45, 2.75) is 13.2 Å². The van der Waals surface area contributed by atoms with E-state index in [1.807, 2.05) is 31.3 Å². The third-order valence-electron chi connectivity index (χ3n) is 3.48. The van der Waals surface area contributed by atoms with Crippen LogP contribution in [0.4, 0.5) is 0 Å². The Bertz CT molecular complexity index is 590. The maximum atomic E-state index is 5.68. The fourth-order valence-corrected chi connectivity index (χ4v) is 2.32. The Morgan fingerprint density at radius 2 is 1.58 bits per heavy atom. The molecule has 0 saturated carbocycles. The number of rotatable bonds is 7. The Labute approximate surface area is 162 Å². The van der Waals surface area contributed by atoms with E-state index in [9.17, 15) is 0 Å². The molecular formula is C19H26IN3O. The maximum Gasteiger partial charge on any atom is 0.193 e. The molecule has 0 aliphatic heterocycles. The molecule has 2 aromatic carbocycles. The highest BCUT2D eigenvalue weighted by Gasteiger charge is 2.05. The van der Waals surface area contributed by atoms with Crippen molar-refractivity contribution in [3.63, 3.8) is 0 Å². The number of hydrogen-bond acceptors (Lipinski definition) is 2. The smallest absolute Gasteiger partial charge is 0.193 e. The molecule has 2 aromatic rings. The van der Waals surface area contributed by atoms with E-state index in [1.165, 1.54) is 11.1 Å². The van der Waals surface area contributed by atoms with E-state index in [2.05, 4.69) is 51.6 Å². The van der Waals surface area contributed by atoms with Crippen molar-refractivity contribution in [1.29, 1.82) is 0 Å². The Balaban J connectivity index is 0.00000288. The van der Waals surface area contributed by atoms with Crippen molar-refractivity contribution in [1.82, 2.24) is 10.2 Å². The van der Waals surface area contributed by atoms with Crippen molar-refractivity contribution >= 4 is 29.9 Å². The van der Waals surface area contributed by atoms with Gasteiger partial charge < -0.3 is 15.0 Å². The summed E-state index contributed by atoms with van der Waals surface area (Å²) < 4.78 is 5.68. The molecule has 0 spiro atoms. The first-order valence-electron chi connectivity index (χ1n) is 7.87. The zero-order chi connectivity index (χ0) is 16.3. The molecule has 0 unspecified atom stereocenters. The maximum absolute atomic E-state index is 5.68. The molecule has 0 amide bonds. The molecule has 5 heteroatoms. The minimum absolute atomic E-state index is 0. The first kappa shape index (κ1) is 20.4. The Morgan fingerprint density at radius 3 is 2.17 bits per heavy atom. The van der Waals surface area contributed by atoms with Crippen LogP contribution in [0, 0.1) is 0 Å². The summed E-state index contributed by atoms with van der Waals surface area (Å²) in [5, 5.41) is 3.33. The fourth-order valence-electron chi connectivity index (χ4n) is 2.32. The van der Waals surface area contributed by atoms with E-state index in [1.54, 1.807) is 7.05 Å². The predicted octanol–water partition coefficient (Wildman–Crippen LogP) is 3.53. The number of benzene rings is 2. The van der Waals surface area contributed by atoms with Gasteiger partial charge in [-0.15, -0.1) is 24.0 Å². The second-order valence-corrected chi connectivity index (χ2v) is 5.35. The van der Waals surface area contributed by atoms with Crippen LogP contribution < -0.4 is 5.32 Å². The monoisotopic (exact) mass is 439 g/mol. The normalized spacial score (nSPS) is 10.8. The van der Waals surface area contributed by atoms with Crippen LogP contribution in [-0.4, -0.2) is 38.1 Å². The molecule has 1 N–H and O–H groups in total. The van der Waals surface area contributed by atoms with Gasteiger partial charge in [0.05, 0.1) is 13.2 Å². The lowest BCUT2D eigenvalue weighted by atomic mass is 10.2. The Kier molecular flexibility index (Phi) is 10.1. The first-order valence-corrected chi connectivity index (χ1v) is 7.87. The van der Waals surface area contributed by atoms with Gasteiger partial charge in [-0.2, -0.15) is 0 Å². The van der Waals surface area contributed by atoms with Crippen molar-refractivity contribution in [3.8, 4) is 0 Å². The summed E-state index contributed by atoms with van der Waals surface area (Å²) in [6.45, 7) is 2.85. The summed E-state index contributed by atoms with van der Waals surface area (Å²) in [4.78, 5) is 6.42. The van der Waals surface area contributed by atoms with Gasteiger partial charge in [-0.1, -0.05) is 60.7 Å². The van der Waals surface area contributed by atoms with Crippen LogP contribution in [0.15, 0.2) is 65.7 Å². The highest BCUT2D eigenvalue weighted by molar-refractivity contribution is 14.0. The van der Waals surface area contributed by atoms with Gasteiger partial charge in [-0.3, -0.25) is 4.99 Å². The van der Waals surface area contributed by atoms with E-state index in [-0.39, 0.29) is 24.0 Å². The Morgan fingerprint density at radius 1 is 1.00 bits per heavy atom. The molecule has 0 aromatic heterocycles. The molecule has 0 aliphatic carbocycles. The van der Waals surface area contributed by atoms with Gasteiger partial charge in [0.25, 0.3) is 0 Å². The zero-order valence-corrected chi connectivity index (χ0v) is 16.6. The molecular weight excluding hydrogens is 413 g/mol. The summed E-state index contributed by atoms with van der Waals surface area (Å²) >= 11 is 0. The quantitative estimate of drug-likeness (QED) is 0.311. The van der Waals surface area contributed by atoms with E-state index >= 15 is 0 Å². The summed E-state index contributed by atoms with van der Waals surface area (Å²) in [7, 11) is 3.84. The highest BCUT2D eigenvalue weighted by atomic mass is 127. The molecule has 4 nitrogen and oxygen atoms in total. The molecule has 0 atom stereocenters. The van der Waals surface area contributed by atoms with E-state index in [0.29, 0.717) is 13.2 Å². The summed E-state index contributed by atoms with van der Waals surface area (Å²) in [5.74, 6) is 0.872. The van der Waals surface area contributed by atoms with Crippen LogP contribution in [0.5, 0.6) is 0 Å². The molecule has 130 valence electrons. The third kappa shape index (κ3) is 7.31. The summed E-state index contributed by atoms with van der Waals surface area (Å²) in [6.07, 6.45) is 0. The van der Waals surface area contributed by atoms with Crippen molar-refractivity contribution in [3.05, 3.63) is 71.8 Å². The van der Waals surface area contributed by atoms with E-state index in [0.717, 1.165) is 19.0 Å². The average Bonchev–Trinajstić information content (AvgIpc) is 2.60. The molecule has 24 heavy (non-hydrogen) atoms. The molecule has 0 saturated heterocycles. The number of ether oxygens (including phenoxy) is 1. The molecule has 0 aliphatic rings. The minimum atomic E-state index is 0. The topological polar surface area (TPSA) is 36.9 Å². The van der Waals surface area contributed by atoms with Crippen LogP contribution in [0.3, 0.4) is 0 Å². The highest BCUT2D eigenvalue weighted by Crippen LogP contribution is 2.03. The third-order valence-corrected chi connectivity index (χ3v) is 3.48. The molecule has 0 fully saturated rings. The number of halogens is 1. The van der Waals surface area contributed by atoms with E-state index < -0.39 is 0 Å². The summed E-state index contributed by atoms with van der Waals surface area (Å²) in [5.41, 5.74) is 2.45. The van der Waals surface area contributed by atoms with Crippen molar-refractivity contribution in [2.75, 3.05) is 27.2 Å². The largest absolute Gasteiger partial charge is 0.375 e. The first-order chi connectivity index (χ1) is 11.3. The number of aliphatic imine (C=N–C) groups is 1. The zero-order valence-electron chi connectivity index (χ0n) is 14.3. The van der Waals surface area contributed by atoms with Gasteiger partial charge in [0.15, 0.2) is 5.96 Å². The Hall–Kier alpha value is -1.60. The second-order valence-electron chi connectivity index (χ2n) is 5.35. The van der Waals surface area contributed by atoms with Crippen molar-refractivity contribution in [2.24, 2.45) is 4.99 Å². The lowest BCUT2D eigenvalue weighted by molar-refractivity contribution is 0.125. The van der Waals surface area contributed by atoms with Crippen LogP contribution in [-0.2, 0) is 17.9 Å². The standard InChI is InChI=1S/C19H25N3O.HI/c1-20-19(22(2)15-17-9-5-3-6-10-17)21-13-14-23-16-18-11-7-4-8-12-18;/h3-12H,13-16H2,1-2H3,(H,20,21);1H. The average molecular weight is 439 g/mol. The fraction of sp³-hybridized carbons (Fsp3) is 0.316. The minimum Gasteiger partial charge on any atom is -0.375 e. The molecule has 0 heterocycles. The lowest BCUT2D eigenvalue weighted by Crippen LogP contribution is -2.39. The second kappa shape index (κ2) is 11.9. The summed E-state index contributed by atoms with van der Waals surface area (Å²) in [6, 6.07) is 20.6. The van der Waals surface area contributed by atoms with Crippen molar-refractivity contribution < 1.29 is 4.74 Å².